The Morgan fingerprint density at radius 1 is 1.15 bits per heavy atom. The van der Waals surface area contributed by atoms with Gasteiger partial charge in [-0.25, -0.2) is 13.9 Å². The molecule has 6 nitrogen and oxygen atoms in total. The highest BCUT2D eigenvalue weighted by Gasteiger charge is 2.26. The summed E-state index contributed by atoms with van der Waals surface area (Å²) in [6.07, 6.45) is 3.44. The highest BCUT2D eigenvalue weighted by molar-refractivity contribution is 9.10. The third-order valence-corrected chi connectivity index (χ3v) is 5.25. The molecule has 2 aromatic heterocycles. The lowest BCUT2D eigenvalue weighted by Gasteiger charge is -2.34. The van der Waals surface area contributed by atoms with Crippen molar-refractivity contribution in [1.29, 1.82) is 0 Å². The molecule has 8 heteroatoms. The predicted octanol–water partition coefficient (Wildman–Crippen LogP) is 2.59. The van der Waals surface area contributed by atoms with Gasteiger partial charge >= 0.3 is 0 Å². The van der Waals surface area contributed by atoms with Gasteiger partial charge in [0, 0.05) is 45.1 Å². The molecule has 1 aliphatic heterocycles. The first-order chi connectivity index (χ1) is 12.6. The number of aromatic nitrogens is 3. The SMILES string of the molecule is O=C(c1nn2cccnc2c1Br)N1CCN(Cc2ccc(F)cc2)CC1. The van der Waals surface area contributed by atoms with Gasteiger partial charge in [0.15, 0.2) is 11.3 Å². The Bertz CT molecular complexity index is 934. The zero-order valence-corrected chi connectivity index (χ0v) is 15.6. The van der Waals surface area contributed by atoms with E-state index < -0.39 is 0 Å². The van der Waals surface area contributed by atoms with Gasteiger partial charge in [-0.2, -0.15) is 5.10 Å². The molecule has 1 aromatic carbocycles. The normalized spacial score (nSPS) is 15.5. The number of fused-ring (bicyclic) bond motifs is 1. The fourth-order valence-corrected chi connectivity index (χ4v) is 3.64. The number of carbonyl (C=O) groups is 1. The lowest BCUT2D eigenvalue weighted by molar-refractivity contribution is 0.0621. The fourth-order valence-electron chi connectivity index (χ4n) is 3.10. The number of carbonyl (C=O) groups excluding carboxylic acids is 1. The molecule has 1 fully saturated rings. The average Bonchev–Trinajstić information content (AvgIpc) is 3.01. The van der Waals surface area contributed by atoms with E-state index in [1.807, 2.05) is 4.90 Å². The topological polar surface area (TPSA) is 53.7 Å². The minimum atomic E-state index is -0.225. The van der Waals surface area contributed by atoms with Crippen LogP contribution in [0.1, 0.15) is 16.1 Å². The van der Waals surface area contributed by atoms with Crippen molar-refractivity contribution >= 4 is 27.5 Å². The van der Waals surface area contributed by atoms with E-state index in [0.717, 1.165) is 25.2 Å². The van der Waals surface area contributed by atoms with Crippen molar-refractivity contribution in [3.8, 4) is 0 Å². The summed E-state index contributed by atoms with van der Waals surface area (Å²) in [7, 11) is 0. The molecule has 3 heterocycles. The van der Waals surface area contributed by atoms with Crippen LogP contribution in [0.2, 0.25) is 0 Å². The quantitative estimate of drug-likeness (QED) is 0.657. The number of hydrogen-bond donors (Lipinski definition) is 0. The van der Waals surface area contributed by atoms with Crippen LogP contribution in [0.3, 0.4) is 0 Å². The summed E-state index contributed by atoms with van der Waals surface area (Å²) in [4.78, 5) is 21.1. The molecule has 4 rings (SSSR count). The molecule has 0 spiro atoms. The van der Waals surface area contributed by atoms with Crippen LogP contribution in [-0.4, -0.2) is 56.5 Å². The van der Waals surface area contributed by atoms with Crippen LogP contribution in [0.15, 0.2) is 47.2 Å². The van der Waals surface area contributed by atoms with Gasteiger partial charge < -0.3 is 4.90 Å². The molecule has 0 bridgehead atoms. The molecule has 26 heavy (non-hydrogen) atoms. The number of nitrogens with zero attached hydrogens (tertiary/aromatic N) is 5. The van der Waals surface area contributed by atoms with Crippen LogP contribution in [0.4, 0.5) is 4.39 Å². The molecule has 0 radical (unpaired) electrons. The summed E-state index contributed by atoms with van der Waals surface area (Å²) < 4.78 is 15.2. The zero-order valence-electron chi connectivity index (χ0n) is 14.0. The van der Waals surface area contributed by atoms with Gasteiger partial charge in [-0.05, 0) is 39.7 Å². The highest BCUT2D eigenvalue weighted by atomic mass is 79.9. The first kappa shape index (κ1) is 17.1. The predicted molar refractivity (Wildman–Crippen MR) is 98.3 cm³/mol. The fraction of sp³-hybridized carbons (Fsp3) is 0.278. The molecule has 1 saturated heterocycles. The summed E-state index contributed by atoms with van der Waals surface area (Å²) in [6.45, 7) is 3.56. The van der Waals surface area contributed by atoms with Crippen LogP contribution >= 0.6 is 15.9 Å². The summed E-state index contributed by atoms with van der Waals surface area (Å²) in [5.41, 5.74) is 2.09. The summed E-state index contributed by atoms with van der Waals surface area (Å²) in [6, 6.07) is 8.32. The molecule has 1 aliphatic rings. The molecule has 0 N–H and O–H groups in total. The maximum atomic E-state index is 13.0. The van der Waals surface area contributed by atoms with Gasteiger partial charge in [0.2, 0.25) is 0 Å². The van der Waals surface area contributed by atoms with Crippen molar-refractivity contribution in [3.05, 3.63) is 64.3 Å². The standard InChI is InChI=1S/C18H17BrFN5O/c19-15-16(22-25-7-1-6-21-17(15)25)18(26)24-10-8-23(9-11-24)12-13-2-4-14(20)5-3-13/h1-7H,8-12H2. The maximum absolute atomic E-state index is 13.0. The summed E-state index contributed by atoms with van der Waals surface area (Å²) >= 11 is 3.45. The summed E-state index contributed by atoms with van der Waals surface area (Å²) in [5.74, 6) is -0.319. The van der Waals surface area contributed by atoms with E-state index in [4.69, 9.17) is 0 Å². The second kappa shape index (κ2) is 7.13. The summed E-state index contributed by atoms with van der Waals surface area (Å²) in [5, 5.41) is 4.35. The monoisotopic (exact) mass is 417 g/mol. The molecule has 0 atom stereocenters. The number of rotatable bonds is 3. The number of amides is 1. The van der Waals surface area contributed by atoms with Gasteiger partial charge in [0.1, 0.15) is 5.82 Å². The zero-order chi connectivity index (χ0) is 18.1. The largest absolute Gasteiger partial charge is 0.335 e. The van der Waals surface area contributed by atoms with Crippen molar-refractivity contribution < 1.29 is 9.18 Å². The first-order valence-corrected chi connectivity index (χ1v) is 9.16. The van der Waals surface area contributed by atoms with E-state index in [0.29, 0.717) is 28.9 Å². The third-order valence-electron chi connectivity index (χ3n) is 4.52. The minimum absolute atomic E-state index is 0.0937. The van der Waals surface area contributed by atoms with Crippen LogP contribution < -0.4 is 0 Å². The molecule has 0 unspecified atom stereocenters. The van der Waals surface area contributed by atoms with Crippen LogP contribution in [0.5, 0.6) is 0 Å². The van der Waals surface area contributed by atoms with E-state index in [1.54, 1.807) is 35.1 Å². The van der Waals surface area contributed by atoms with Gasteiger partial charge in [-0.1, -0.05) is 12.1 Å². The molecule has 0 aliphatic carbocycles. The van der Waals surface area contributed by atoms with Crippen molar-refractivity contribution in [2.24, 2.45) is 0 Å². The number of halogens is 2. The second-order valence-electron chi connectivity index (χ2n) is 6.25. The number of benzene rings is 1. The van der Waals surface area contributed by atoms with E-state index >= 15 is 0 Å². The Morgan fingerprint density at radius 3 is 2.58 bits per heavy atom. The van der Waals surface area contributed by atoms with E-state index in [-0.39, 0.29) is 11.7 Å². The van der Waals surface area contributed by atoms with E-state index in [9.17, 15) is 9.18 Å². The number of hydrogen-bond acceptors (Lipinski definition) is 4. The van der Waals surface area contributed by atoms with Crippen LogP contribution in [0, 0.1) is 5.82 Å². The molecule has 0 saturated carbocycles. The average molecular weight is 418 g/mol. The Balaban J connectivity index is 1.41. The molecular weight excluding hydrogens is 401 g/mol. The molecule has 1 amide bonds. The maximum Gasteiger partial charge on any atom is 0.275 e. The Kier molecular flexibility index (Phi) is 4.69. The van der Waals surface area contributed by atoms with Crippen LogP contribution in [0.25, 0.3) is 5.65 Å². The Morgan fingerprint density at radius 2 is 1.88 bits per heavy atom. The van der Waals surface area contributed by atoms with Crippen LogP contribution in [-0.2, 0) is 6.54 Å². The van der Waals surface area contributed by atoms with Gasteiger partial charge in [0.05, 0.1) is 4.47 Å². The van der Waals surface area contributed by atoms with Crippen molar-refractivity contribution in [3.63, 3.8) is 0 Å². The van der Waals surface area contributed by atoms with Crippen molar-refractivity contribution in [2.75, 3.05) is 26.2 Å². The molecule has 134 valence electrons. The van der Waals surface area contributed by atoms with Crippen molar-refractivity contribution in [2.45, 2.75) is 6.54 Å². The smallest absolute Gasteiger partial charge is 0.275 e. The third kappa shape index (κ3) is 3.34. The first-order valence-electron chi connectivity index (χ1n) is 8.37. The Hall–Kier alpha value is -2.32. The Labute approximate surface area is 158 Å². The van der Waals surface area contributed by atoms with Gasteiger partial charge in [0.25, 0.3) is 5.91 Å². The molecular formula is C18H17BrFN5O. The second-order valence-corrected chi connectivity index (χ2v) is 7.04. The van der Waals surface area contributed by atoms with E-state index in [2.05, 4.69) is 30.9 Å². The molecule has 3 aromatic rings. The van der Waals surface area contributed by atoms with Gasteiger partial charge in [-0.3, -0.25) is 9.69 Å². The highest BCUT2D eigenvalue weighted by Crippen LogP contribution is 2.22. The van der Waals surface area contributed by atoms with Gasteiger partial charge in [-0.15, -0.1) is 0 Å². The van der Waals surface area contributed by atoms with E-state index in [1.165, 1.54) is 12.1 Å². The van der Waals surface area contributed by atoms with Crippen molar-refractivity contribution in [1.82, 2.24) is 24.4 Å². The number of piperazine rings is 1. The lowest BCUT2D eigenvalue weighted by Crippen LogP contribution is -2.48. The minimum Gasteiger partial charge on any atom is -0.335 e. The lowest BCUT2D eigenvalue weighted by atomic mass is 10.2.